The van der Waals surface area contributed by atoms with Crippen molar-refractivity contribution >= 4 is 10.0 Å². The van der Waals surface area contributed by atoms with Crippen molar-refractivity contribution in [2.24, 2.45) is 0 Å². The number of nitrogens with zero attached hydrogens (tertiary/aromatic N) is 1. The molecule has 0 radical (unpaired) electrons. The van der Waals surface area contributed by atoms with Crippen LogP contribution >= 0.6 is 0 Å². The van der Waals surface area contributed by atoms with Gasteiger partial charge in [0.1, 0.15) is 5.75 Å². The van der Waals surface area contributed by atoms with Gasteiger partial charge in [0.15, 0.2) is 0 Å². The number of hydrogen-bond acceptors (Lipinski definition) is 3. The van der Waals surface area contributed by atoms with Crippen molar-refractivity contribution in [2.75, 3.05) is 20.4 Å². The van der Waals surface area contributed by atoms with Gasteiger partial charge in [-0.15, -0.1) is 0 Å². The Balaban J connectivity index is 2.88. The molecule has 0 aliphatic rings. The maximum Gasteiger partial charge on any atom is 0.211 e. The molecule has 0 aliphatic heterocycles. The Morgan fingerprint density at radius 3 is 2.44 bits per heavy atom. The van der Waals surface area contributed by atoms with E-state index in [4.69, 9.17) is 4.74 Å². The van der Waals surface area contributed by atoms with E-state index in [1.54, 1.807) is 14.2 Å². The van der Waals surface area contributed by atoms with Crippen LogP contribution in [0, 0.1) is 6.92 Å². The molecule has 0 aliphatic carbocycles. The van der Waals surface area contributed by atoms with Crippen molar-refractivity contribution in [2.45, 2.75) is 13.5 Å². The molecule has 0 saturated carbocycles. The van der Waals surface area contributed by atoms with Crippen LogP contribution in [0.15, 0.2) is 18.2 Å². The van der Waals surface area contributed by atoms with Crippen molar-refractivity contribution in [3.8, 4) is 5.75 Å². The van der Waals surface area contributed by atoms with E-state index in [2.05, 4.69) is 0 Å². The zero-order valence-corrected chi connectivity index (χ0v) is 10.8. The predicted octanol–water partition coefficient (Wildman–Crippen LogP) is 1.40. The number of ether oxygens (including phenoxy) is 1. The summed E-state index contributed by atoms with van der Waals surface area (Å²) in [6.07, 6.45) is 1.20. The molecule has 4 nitrogen and oxygen atoms in total. The summed E-state index contributed by atoms with van der Waals surface area (Å²) >= 11 is 0. The van der Waals surface area contributed by atoms with Gasteiger partial charge in [-0.25, -0.2) is 12.7 Å². The van der Waals surface area contributed by atoms with Gasteiger partial charge < -0.3 is 4.74 Å². The Labute approximate surface area is 96.9 Å². The summed E-state index contributed by atoms with van der Waals surface area (Å²) in [5.74, 6) is 0.811. The summed E-state index contributed by atoms with van der Waals surface area (Å²) in [5.41, 5.74) is 1.95. The van der Waals surface area contributed by atoms with E-state index in [9.17, 15) is 8.42 Å². The van der Waals surface area contributed by atoms with E-state index in [0.717, 1.165) is 16.9 Å². The van der Waals surface area contributed by atoms with E-state index in [-0.39, 0.29) is 0 Å². The highest BCUT2D eigenvalue weighted by molar-refractivity contribution is 7.88. The Kier molecular flexibility index (Phi) is 3.93. The molecule has 0 spiro atoms. The fraction of sp³-hybridized carbons (Fsp3) is 0.455. The van der Waals surface area contributed by atoms with Crippen LogP contribution in [-0.4, -0.2) is 33.1 Å². The van der Waals surface area contributed by atoms with Gasteiger partial charge in [-0.2, -0.15) is 0 Å². The highest BCUT2D eigenvalue weighted by Gasteiger charge is 2.11. The van der Waals surface area contributed by atoms with Gasteiger partial charge in [0, 0.05) is 13.6 Å². The zero-order chi connectivity index (χ0) is 12.3. The molecule has 0 heterocycles. The molecule has 0 N–H and O–H groups in total. The van der Waals surface area contributed by atoms with Gasteiger partial charge in [-0.05, 0) is 24.1 Å². The fourth-order valence-electron chi connectivity index (χ4n) is 1.41. The lowest BCUT2D eigenvalue weighted by Crippen LogP contribution is -2.24. The molecule has 16 heavy (non-hydrogen) atoms. The highest BCUT2D eigenvalue weighted by Crippen LogP contribution is 2.19. The van der Waals surface area contributed by atoms with E-state index in [1.165, 1.54) is 10.6 Å². The second-order valence-corrected chi connectivity index (χ2v) is 5.91. The topological polar surface area (TPSA) is 46.6 Å². The molecular weight excluding hydrogens is 226 g/mol. The summed E-state index contributed by atoms with van der Waals surface area (Å²) in [6.45, 7) is 2.31. The van der Waals surface area contributed by atoms with Crippen molar-refractivity contribution < 1.29 is 13.2 Å². The minimum atomic E-state index is -3.13. The lowest BCUT2D eigenvalue weighted by Gasteiger charge is -2.15. The molecule has 0 saturated heterocycles. The summed E-state index contributed by atoms with van der Waals surface area (Å²) in [6, 6.07) is 5.65. The minimum absolute atomic E-state index is 0.379. The van der Waals surface area contributed by atoms with Crippen LogP contribution in [0.2, 0.25) is 0 Å². The molecule has 5 heteroatoms. The highest BCUT2D eigenvalue weighted by atomic mass is 32.2. The van der Waals surface area contributed by atoms with Crippen LogP contribution in [0.1, 0.15) is 11.1 Å². The second kappa shape index (κ2) is 4.84. The number of hydrogen-bond donors (Lipinski definition) is 0. The van der Waals surface area contributed by atoms with Crippen molar-refractivity contribution in [1.82, 2.24) is 4.31 Å². The monoisotopic (exact) mass is 243 g/mol. The lowest BCUT2D eigenvalue weighted by atomic mass is 10.1. The number of sulfonamides is 1. The van der Waals surface area contributed by atoms with Gasteiger partial charge in [0.25, 0.3) is 0 Å². The minimum Gasteiger partial charge on any atom is -0.496 e. The largest absolute Gasteiger partial charge is 0.496 e. The van der Waals surface area contributed by atoms with Gasteiger partial charge in [-0.1, -0.05) is 12.1 Å². The van der Waals surface area contributed by atoms with Crippen LogP contribution in [-0.2, 0) is 16.6 Å². The Morgan fingerprint density at radius 1 is 1.38 bits per heavy atom. The van der Waals surface area contributed by atoms with Crippen LogP contribution in [0.4, 0.5) is 0 Å². The first-order valence-electron chi connectivity index (χ1n) is 4.89. The molecule has 0 aromatic heterocycles. The smallest absolute Gasteiger partial charge is 0.211 e. The van der Waals surface area contributed by atoms with E-state index in [1.807, 2.05) is 25.1 Å². The van der Waals surface area contributed by atoms with Crippen LogP contribution in [0.25, 0.3) is 0 Å². The Morgan fingerprint density at radius 2 is 2.00 bits per heavy atom. The first-order chi connectivity index (χ1) is 7.34. The molecule has 1 aromatic rings. The molecular formula is C11H17NO3S. The predicted molar refractivity (Wildman–Crippen MR) is 64.0 cm³/mol. The third kappa shape index (κ3) is 3.21. The molecule has 1 aromatic carbocycles. The van der Waals surface area contributed by atoms with E-state index >= 15 is 0 Å². The van der Waals surface area contributed by atoms with Gasteiger partial charge >= 0.3 is 0 Å². The van der Waals surface area contributed by atoms with Crippen molar-refractivity contribution in [3.63, 3.8) is 0 Å². The zero-order valence-electron chi connectivity index (χ0n) is 10.0. The number of methoxy groups -OCH3 is 1. The Bertz CT molecular complexity index is 468. The maximum absolute atomic E-state index is 11.2. The third-order valence-electron chi connectivity index (χ3n) is 2.43. The number of aryl methyl sites for hydroxylation is 1. The second-order valence-electron chi connectivity index (χ2n) is 3.82. The summed E-state index contributed by atoms with van der Waals surface area (Å²) < 4.78 is 28.9. The third-order valence-corrected chi connectivity index (χ3v) is 3.69. The van der Waals surface area contributed by atoms with Crippen LogP contribution in [0.5, 0.6) is 5.75 Å². The molecule has 1 rings (SSSR count). The quantitative estimate of drug-likeness (QED) is 0.803. The summed E-state index contributed by atoms with van der Waals surface area (Å²) in [4.78, 5) is 0. The van der Waals surface area contributed by atoms with E-state index < -0.39 is 10.0 Å². The molecule has 0 atom stereocenters. The molecule has 0 bridgehead atoms. The van der Waals surface area contributed by atoms with Gasteiger partial charge in [0.05, 0.1) is 13.4 Å². The Hall–Kier alpha value is -1.07. The fourth-order valence-corrected chi connectivity index (χ4v) is 1.80. The average molecular weight is 243 g/mol. The van der Waals surface area contributed by atoms with Crippen LogP contribution < -0.4 is 4.74 Å². The molecule has 90 valence electrons. The standard InChI is InChI=1S/C11H17NO3S/c1-9-7-10(5-6-11(9)15-3)8-12(2)16(4,13)14/h5-7H,8H2,1-4H3. The molecule has 0 fully saturated rings. The van der Waals surface area contributed by atoms with E-state index in [0.29, 0.717) is 6.54 Å². The van der Waals surface area contributed by atoms with Gasteiger partial charge in [0.2, 0.25) is 10.0 Å². The average Bonchev–Trinajstić information content (AvgIpc) is 2.16. The molecule has 0 amide bonds. The normalized spacial score (nSPS) is 11.8. The lowest BCUT2D eigenvalue weighted by molar-refractivity contribution is 0.411. The van der Waals surface area contributed by atoms with Crippen LogP contribution in [0.3, 0.4) is 0 Å². The summed E-state index contributed by atoms with van der Waals surface area (Å²) in [7, 11) is 0.0526. The summed E-state index contributed by atoms with van der Waals surface area (Å²) in [5, 5.41) is 0. The van der Waals surface area contributed by atoms with Crippen molar-refractivity contribution in [3.05, 3.63) is 29.3 Å². The van der Waals surface area contributed by atoms with Crippen molar-refractivity contribution in [1.29, 1.82) is 0 Å². The van der Waals surface area contributed by atoms with Gasteiger partial charge in [-0.3, -0.25) is 0 Å². The number of rotatable bonds is 4. The number of benzene rings is 1. The first kappa shape index (κ1) is 13.0. The molecule has 0 unspecified atom stereocenters. The maximum atomic E-state index is 11.2. The first-order valence-corrected chi connectivity index (χ1v) is 6.74. The SMILES string of the molecule is COc1ccc(CN(C)S(C)(=O)=O)cc1C.